The van der Waals surface area contributed by atoms with Crippen molar-refractivity contribution in [2.75, 3.05) is 33.3 Å². The molecule has 1 aliphatic rings. The van der Waals surface area contributed by atoms with E-state index in [1.54, 1.807) is 7.11 Å². The fourth-order valence-electron chi connectivity index (χ4n) is 3.71. The quantitative estimate of drug-likeness (QED) is 0.490. The van der Waals surface area contributed by atoms with Crippen LogP contribution in [-0.4, -0.2) is 56.1 Å². The van der Waals surface area contributed by atoms with E-state index in [0.29, 0.717) is 24.9 Å². The highest BCUT2D eigenvalue weighted by atomic mass is 16.5. The van der Waals surface area contributed by atoms with Crippen molar-refractivity contribution in [1.29, 1.82) is 0 Å². The van der Waals surface area contributed by atoms with Crippen molar-refractivity contribution in [1.82, 2.24) is 15.5 Å². The number of nitrogens with zero attached hydrogens (tertiary/aromatic N) is 2. The van der Waals surface area contributed by atoms with Crippen LogP contribution >= 0.6 is 0 Å². The summed E-state index contributed by atoms with van der Waals surface area (Å²) in [4.78, 5) is 19.2. The van der Waals surface area contributed by atoms with Gasteiger partial charge < -0.3 is 20.3 Å². The second-order valence-corrected chi connectivity index (χ2v) is 7.83. The summed E-state index contributed by atoms with van der Waals surface area (Å²) in [7, 11) is 1.68. The molecule has 2 rings (SSSR count). The lowest BCUT2D eigenvalue weighted by Crippen LogP contribution is -2.44. The molecule has 1 heterocycles. The van der Waals surface area contributed by atoms with Gasteiger partial charge in [-0.2, -0.15) is 0 Å². The second kappa shape index (κ2) is 12.3. The molecule has 0 bridgehead atoms. The highest BCUT2D eigenvalue weighted by Crippen LogP contribution is 2.21. The van der Waals surface area contributed by atoms with Gasteiger partial charge in [-0.05, 0) is 63.1 Å². The van der Waals surface area contributed by atoms with Crippen LogP contribution in [0.2, 0.25) is 0 Å². The maximum absolute atomic E-state index is 12.5. The molecule has 0 spiro atoms. The lowest BCUT2D eigenvalue weighted by Gasteiger charge is -2.33. The number of guanidine groups is 1. The number of amides is 1. The Bertz CT molecular complexity index is 645. The number of hydrogen-bond donors (Lipinski definition) is 2. The van der Waals surface area contributed by atoms with Gasteiger partial charge in [0.1, 0.15) is 5.75 Å². The smallest absolute Gasteiger partial charge is 0.224 e. The van der Waals surface area contributed by atoms with Crippen LogP contribution < -0.4 is 15.4 Å². The molecular formula is C23H38N4O2. The van der Waals surface area contributed by atoms with Gasteiger partial charge in [-0.25, -0.2) is 0 Å². The van der Waals surface area contributed by atoms with Crippen molar-refractivity contribution in [3.05, 3.63) is 29.8 Å². The summed E-state index contributed by atoms with van der Waals surface area (Å²) in [5.74, 6) is 2.34. The molecule has 1 fully saturated rings. The summed E-state index contributed by atoms with van der Waals surface area (Å²) in [6.07, 6.45) is 4.95. The standard InChI is InChI=1S/C23H38N4O2/c1-5-24-23(26-16-14-22(28)27-17-7-6-8-19(27)3)25-15-13-18(2)20-9-11-21(29-4)12-10-20/h9-12,18-19H,5-8,13-17H2,1-4H3,(H2,24,25,26). The van der Waals surface area contributed by atoms with Crippen molar-refractivity contribution in [2.45, 2.75) is 64.8 Å². The lowest BCUT2D eigenvalue weighted by atomic mass is 9.98. The third-order valence-electron chi connectivity index (χ3n) is 5.62. The number of nitrogens with one attached hydrogen (secondary N) is 2. The summed E-state index contributed by atoms with van der Waals surface area (Å²) in [5, 5.41) is 6.58. The van der Waals surface area contributed by atoms with Crippen LogP contribution in [0.25, 0.3) is 0 Å². The first-order valence-corrected chi connectivity index (χ1v) is 11.0. The highest BCUT2D eigenvalue weighted by molar-refractivity contribution is 5.81. The molecule has 0 radical (unpaired) electrons. The summed E-state index contributed by atoms with van der Waals surface area (Å²) in [6.45, 7) is 9.48. The van der Waals surface area contributed by atoms with Gasteiger partial charge in [-0.3, -0.25) is 9.79 Å². The van der Waals surface area contributed by atoms with Gasteiger partial charge in [0, 0.05) is 38.6 Å². The van der Waals surface area contributed by atoms with Crippen LogP contribution in [0.1, 0.15) is 64.4 Å². The minimum atomic E-state index is 0.244. The minimum absolute atomic E-state index is 0.244. The van der Waals surface area contributed by atoms with Gasteiger partial charge in [-0.1, -0.05) is 19.1 Å². The largest absolute Gasteiger partial charge is 0.497 e. The van der Waals surface area contributed by atoms with Gasteiger partial charge in [0.2, 0.25) is 5.91 Å². The second-order valence-electron chi connectivity index (χ2n) is 7.83. The first-order chi connectivity index (χ1) is 14.0. The van der Waals surface area contributed by atoms with Crippen LogP contribution in [0, 0.1) is 0 Å². The molecular weight excluding hydrogens is 364 g/mol. The van der Waals surface area contributed by atoms with Gasteiger partial charge in [0.15, 0.2) is 5.96 Å². The molecule has 1 aromatic rings. The third-order valence-corrected chi connectivity index (χ3v) is 5.62. The fourth-order valence-corrected chi connectivity index (χ4v) is 3.71. The molecule has 1 aromatic carbocycles. The number of benzene rings is 1. The van der Waals surface area contributed by atoms with Gasteiger partial charge >= 0.3 is 0 Å². The molecule has 0 aromatic heterocycles. The molecule has 1 saturated heterocycles. The van der Waals surface area contributed by atoms with Gasteiger partial charge in [-0.15, -0.1) is 0 Å². The normalized spacial score (nSPS) is 18.3. The van der Waals surface area contributed by atoms with Crippen molar-refractivity contribution < 1.29 is 9.53 Å². The van der Waals surface area contributed by atoms with Crippen molar-refractivity contribution in [3.63, 3.8) is 0 Å². The van der Waals surface area contributed by atoms with E-state index < -0.39 is 0 Å². The van der Waals surface area contributed by atoms with Crippen LogP contribution in [0.5, 0.6) is 5.75 Å². The SMILES string of the molecule is CCNC(=NCCC(C)c1ccc(OC)cc1)NCCC(=O)N1CCCCC1C. The van der Waals surface area contributed by atoms with Crippen molar-refractivity contribution >= 4 is 11.9 Å². The average molecular weight is 403 g/mol. The predicted octanol–water partition coefficient (Wildman–Crippen LogP) is 3.54. The Hall–Kier alpha value is -2.24. The lowest BCUT2D eigenvalue weighted by molar-refractivity contribution is -0.134. The van der Waals surface area contributed by atoms with E-state index in [1.165, 1.54) is 12.0 Å². The van der Waals surface area contributed by atoms with E-state index in [2.05, 4.69) is 48.5 Å². The molecule has 29 heavy (non-hydrogen) atoms. The van der Waals surface area contributed by atoms with Crippen molar-refractivity contribution in [3.8, 4) is 5.75 Å². The fraction of sp³-hybridized carbons (Fsp3) is 0.652. The monoisotopic (exact) mass is 402 g/mol. The number of rotatable bonds is 9. The topological polar surface area (TPSA) is 66.0 Å². The van der Waals surface area contributed by atoms with Crippen LogP contribution in [-0.2, 0) is 4.79 Å². The average Bonchev–Trinajstić information content (AvgIpc) is 2.74. The molecule has 2 N–H and O–H groups in total. The number of ether oxygens (including phenoxy) is 1. The first kappa shape index (κ1) is 23.0. The molecule has 2 unspecified atom stereocenters. The molecule has 1 amide bonds. The number of carbonyl (C=O) groups is 1. The molecule has 0 saturated carbocycles. The van der Waals surface area contributed by atoms with E-state index in [4.69, 9.17) is 4.74 Å². The van der Waals surface area contributed by atoms with Crippen LogP contribution in [0.4, 0.5) is 0 Å². The molecule has 0 aliphatic carbocycles. The minimum Gasteiger partial charge on any atom is -0.497 e. The number of hydrogen-bond acceptors (Lipinski definition) is 3. The van der Waals surface area contributed by atoms with Crippen LogP contribution in [0.15, 0.2) is 29.3 Å². The van der Waals surface area contributed by atoms with E-state index in [0.717, 1.165) is 50.6 Å². The summed E-state index contributed by atoms with van der Waals surface area (Å²) in [5.41, 5.74) is 1.29. The van der Waals surface area contributed by atoms with E-state index in [1.807, 2.05) is 17.0 Å². The maximum Gasteiger partial charge on any atom is 0.224 e. The predicted molar refractivity (Wildman–Crippen MR) is 120 cm³/mol. The molecule has 6 heteroatoms. The number of aliphatic imine (C=N–C) groups is 1. The first-order valence-electron chi connectivity index (χ1n) is 11.0. The van der Waals surface area contributed by atoms with Crippen LogP contribution in [0.3, 0.4) is 0 Å². The summed E-state index contributed by atoms with van der Waals surface area (Å²) in [6, 6.07) is 8.60. The highest BCUT2D eigenvalue weighted by Gasteiger charge is 2.22. The van der Waals surface area contributed by atoms with Gasteiger partial charge in [0.05, 0.1) is 7.11 Å². The number of likely N-dealkylation sites (tertiary alicyclic amines) is 1. The van der Waals surface area contributed by atoms with Crippen molar-refractivity contribution in [2.24, 2.45) is 4.99 Å². The van der Waals surface area contributed by atoms with Gasteiger partial charge in [0.25, 0.3) is 0 Å². The Kier molecular flexibility index (Phi) is 9.81. The van der Waals surface area contributed by atoms with E-state index >= 15 is 0 Å². The summed E-state index contributed by atoms with van der Waals surface area (Å²) >= 11 is 0. The number of piperidine rings is 1. The zero-order valence-corrected chi connectivity index (χ0v) is 18.5. The Balaban J connectivity index is 1.77. The third kappa shape index (κ3) is 7.59. The van der Waals surface area contributed by atoms with E-state index in [9.17, 15) is 4.79 Å². The Morgan fingerprint density at radius 1 is 1.28 bits per heavy atom. The number of methoxy groups -OCH3 is 1. The zero-order valence-electron chi connectivity index (χ0n) is 18.5. The Morgan fingerprint density at radius 2 is 2.03 bits per heavy atom. The Morgan fingerprint density at radius 3 is 2.69 bits per heavy atom. The molecule has 2 atom stereocenters. The number of carbonyl (C=O) groups excluding carboxylic acids is 1. The molecule has 6 nitrogen and oxygen atoms in total. The molecule has 1 aliphatic heterocycles. The molecule has 162 valence electrons. The zero-order chi connectivity index (χ0) is 21.1. The maximum atomic E-state index is 12.5. The van der Waals surface area contributed by atoms with E-state index in [-0.39, 0.29) is 5.91 Å². The Labute approximate surface area is 176 Å². The summed E-state index contributed by atoms with van der Waals surface area (Å²) < 4.78 is 5.22.